The number of nitrogens with one attached hydrogen (secondary N) is 1. The monoisotopic (exact) mass is 421 g/mol. The van der Waals surface area contributed by atoms with Crippen LogP contribution >= 0.6 is 0 Å². The molecular weight excluding hydrogens is 394 g/mol. The number of aromatic nitrogens is 1. The number of amides is 1. The molecule has 1 amide bonds. The number of fused-ring (bicyclic) bond motifs is 2. The van der Waals surface area contributed by atoms with Crippen LogP contribution in [0.15, 0.2) is 79.0 Å². The van der Waals surface area contributed by atoms with E-state index in [0.29, 0.717) is 0 Å². The SMILES string of the molecule is CC(=O)N1c2ccc(-c3cccc(C)c3)cc2[C@H](Nc2ccc3ncccc3c2)C[C@@H]1C. The van der Waals surface area contributed by atoms with Gasteiger partial charge in [0.15, 0.2) is 0 Å². The van der Waals surface area contributed by atoms with E-state index in [-0.39, 0.29) is 18.0 Å². The van der Waals surface area contributed by atoms with Crippen LogP contribution in [0.3, 0.4) is 0 Å². The second-order valence-corrected chi connectivity index (χ2v) is 8.72. The van der Waals surface area contributed by atoms with E-state index in [1.54, 1.807) is 6.92 Å². The molecule has 2 atom stereocenters. The van der Waals surface area contributed by atoms with Crippen LogP contribution in [0.4, 0.5) is 11.4 Å². The zero-order valence-corrected chi connectivity index (χ0v) is 18.7. The molecule has 4 nitrogen and oxygen atoms in total. The van der Waals surface area contributed by atoms with Crippen molar-refractivity contribution in [1.29, 1.82) is 0 Å². The van der Waals surface area contributed by atoms with Gasteiger partial charge in [-0.1, -0.05) is 42.0 Å². The number of benzene rings is 3. The number of rotatable bonds is 3. The molecule has 0 unspecified atom stereocenters. The van der Waals surface area contributed by atoms with E-state index in [4.69, 9.17) is 0 Å². The summed E-state index contributed by atoms with van der Waals surface area (Å²) < 4.78 is 0. The second kappa shape index (κ2) is 8.12. The lowest BCUT2D eigenvalue weighted by Crippen LogP contribution is -2.43. The Labute approximate surface area is 188 Å². The fourth-order valence-corrected chi connectivity index (χ4v) is 4.85. The minimum atomic E-state index is 0.0808. The summed E-state index contributed by atoms with van der Waals surface area (Å²) in [6.07, 6.45) is 2.66. The molecular formula is C28H27N3O. The molecule has 0 saturated carbocycles. The van der Waals surface area contributed by atoms with E-state index >= 15 is 0 Å². The number of hydrogen-bond donors (Lipinski definition) is 1. The van der Waals surface area contributed by atoms with Crippen LogP contribution in [0.5, 0.6) is 0 Å². The lowest BCUT2D eigenvalue weighted by molar-refractivity contribution is -0.117. The van der Waals surface area contributed by atoms with Crippen molar-refractivity contribution in [2.24, 2.45) is 0 Å². The first-order valence-corrected chi connectivity index (χ1v) is 11.1. The normalized spacial score (nSPS) is 17.8. The molecule has 5 rings (SSSR count). The maximum Gasteiger partial charge on any atom is 0.224 e. The summed E-state index contributed by atoms with van der Waals surface area (Å²) in [5, 5.41) is 4.85. The second-order valence-electron chi connectivity index (χ2n) is 8.72. The Kier molecular flexibility index (Phi) is 5.14. The molecule has 1 aromatic heterocycles. The van der Waals surface area contributed by atoms with E-state index in [0.717, 1.165) is 34.3 Å². The highest BCUT2D eigenvalue weighted by molar-refractivity contribution is 5.94. The van der Waals surface area contributed by atoms with Crippen molar-refractivity contribution in [1.82, 2.24) is 4.98 Å². The highest BCUT2D eigenvalue weighted by Crippen LogP contribution is 2.41. The van der Waals surface area contributed by atoms with Gasteiger partial charge in [0.1, 0.15) is 0 Å². The Morgan fingerprint density at radius 2 is 1.84 bits per heavy atom. The predicted octanol–water partition coefficient (Wildman–Crippen LogP) is 6.51. The predicted molar refractivity (Wildman–Crippen MR) is 132 cm³/mol. The Morgan fingerprint density at radius 1 is 1.00 bits per heavy atom. The van der Waals surface area contributed by atoms with E-state index in [1.165, 1.54) is 16.7 Å². The molecule has 4 aromatic rings. The van der Waals surface area contributed by atoms with Crippen molar-refractivity contribution < 1.29 is 4.79 Å². The number of nitrogens with zero attached hydrogens (tertiary/aromatic N) is 2. The standard InChI is InChI=1S/C28H27N3O/c1-18-6-4-7-21(14-18)22-9-12-28-25(17-22)27(15-19(2)31(28)20(3)32)30-24-10-11-26-23(16-24)8-5-13-29-26/h4-14,16-17,19,27,30H,15H2,1-3H3/t19-,27+/m0/s1. The molecule has 0 aliphatic carbocycles. The number of carbonyl (C=O) groups is 1. The molecule has 1 aliphatic rings. The fraction of sp³-hybridized carbons (Fsp3) is 0.214. The average molecular weight is 422 g/mol. The lowest BCUT2D eigenvalue weighted by Gasteiger charge is -2.39. The summed E-state index contributed by atoms with van der Waals surface area (Å²) in [5.74, 6) is 0.0808. The van der Waals surface area contributed by atoms with Gasteiger partial charge in [0, 0.05) is 35.9 Å². The minimum Gasteiger partial charge on any atom is -0.378 e. The molecule has 0 fully saturated rings. The van der Waals surface area contributed by atoms with Gasteiger partial charge >= 0.3 is 0 Å². The first-order chi connectivity index (χ1) is 15.5. The molecule has 3 aromatic carbocycles. The van der Waals surface area contributed by atoms with Crippen LogP contribution < -0.4 is 10.2 Å². The van der Waals surface area contributed by atoms with Crippen LogP contribution in [-0.2, 0) is 4.79 Å². The number of carbonyl (C=O) groups excluding carboxylic acids is 1. The van der Waals surface area contributed by atoms with Crippen LogP contribution in [-0.4, -0.2) is 16.9 Å². The van der Waals surface area contributed by atoms with Crippen molar-refractivity contribution in [3.8, 4) is 11.1 Å². The Morgan fingerprint density at radius 3 is 2.66 bits per heavy atom. The number of hydrogen-bond acceptors (Lipinski definition) is 3. The molecule has 32 heavy (non-hydrogen) atoms. The highest BCUT2D eigenvalue weighted by Gasteiger charge is 2.32. The lowest BCUT2D eigenvalue weighted by atomic mass is 9.88. The zero-order valence-electron chi connectivity index (χ0n) is 18.7. The zero-order chi connectivity index (χ0) is 22.2. The molecule has 1 N–H and O–H groups in total. The summed E-state index contributed by atoms with van der Waals surface area (Å²) in [6.45, 7) is 5.89. The van der Waals surface area contributed by atoms with Crippen molar-refractivity contribution in [2.75, 3.05) is 10.2 Å². The van der Waals surface area contributed by atoms with Crippen molar-refractivity contribution >= 4 is 28.2 Å². The smallest absolute Gasteiger partial charge is 0.224 e. The van der Waals surface area contributed by atoms with Gasteiger partial charge in [-0.2, -0.15) is 0 Å². The molecule has 4 heteroatoms. The quantitative estimate of drug-likeness (QED) is 0.410. The van der Waals surface area contributed by atoms with Gasteiger partial charge in [-0.3, -0.25) is 9.78 Å². The maximum atomic E-state index is 12.5. The molecule has 0 spiro atoms. The highest BCUT2D eigenvalue weighted by atomic mass is 16.2. The molecule has 160 valence electrons. The van der Waals surface area contributed by atoms with Crippen molar-refractivity contribution in [3.63, 3.8) is 0 Å². The summed E-state index contributed by atoms with van der Waals surface area (Å²) in [6, 6.07) is 25.6. The van der Waals surface area contributed by atoms with Gasteiger partial charge in [-0.05, 0) is 73.4 Å². The van der Waals surface area contributed by atoms with Crippen LogP contribution in [0.2, 0.25) is 0 Å². The van der Waals surface area contributed by atoms with Gasteiger partial charge in [0.25, 0.3) is 0 Å². The molecule has 0 saturated heterocycles. The fourth-order valence-electron chi connectivity index (χ4n) is 4.85. The third-order valence-electron chi connectivity index (χ3n) is 6.31. The van der Waals surface area contributed by atoms with Gasteiger partial charge in [-0.15, -0.1) is 0 Å². The number of anilines is 2. The van der Waals surface area contributed by atoms with Crippen LogP contribution in [0.25, 0.3) is 22.0 Å². The Hall–Kier alpha value is -3.66. The topological polar surface area (TPSA) is 45.2 Å². The Balaban J connectivity index is 1.57. The van der Waals surface area contributed by atoms with Gasteiger partial charge < -0.3 is 10.2 Å². The van der Waals surface area contributed by atoms with Gasteiger partial charge in [0.2, 0.25) is 5.91 Å². The van der Waals surface area contributed by atoms with Crippen LogP contribution in [0, 0.1) is 6.92 Å². The molecule has 1 aliphatic heterocycles. The van der Waals surface area contributed by atoms with Gasteiger partial charge in [0.05, 0.1) is 11.6 Å². The minimum absolute atomic E-state index is 0.0808. The summed E-state index contributed by atoms with van der Waals surface area (Å²) >= 11 is 0. The van der Waals surface area contributed by atoms with E-state index < -0.39 is 0 Å². The van der Waals surface area contributed by atoms with Crippen molar-refractivity contribution in [3.05, 3.63) is 90.1 Å². The third-order valence-corrected chi connectivity index (χ3v) is 6.31. The molecule has 2 heterocycles. The third kappa shape index (κ3) is 3.73. The maximum absolute atomic E-state index is 12.5. The summed E-state index contributed by atoms with van der Waals surface area (Å²) in [5.41, 5.74) is 7.79. The van der Waals surface area contributed by atoms with Crippen LogP contribution in [0.1, 0.15) is 37.4 Å². The van der Waals surface area contributed by atoms with E-state index in [9.17, 15) is 4.79 Å². The first-order valence-electron chi connectivity index (χ1n) is 11.1. The number of aryl methyl sites for hydroxylation is 1. The first kappa shape index (κ1) is 20.3. The number of pyridine rings is 1. The van der Waals surface area contributed by atoms with E-state index in [2.05, 4.69) is 90.9 Å². The average Bonchev–Trinajstić information content (AvgIpc) is 2.78. The Bertz CT molecular complexity index is 1310. The van der Waals surface area contributed by atoms with E-state index in [1.807, 2.05) is 17.2 Å². The van der Waals surface area contributed by atoms with Gasteiger partial charge in [-0.25, -0.2) is 0 Å². The summed E-state index contributed by atoms with van der Waals surface area (Å²) in [7, 11) is 0. The van der Waals surface area contributed by atoms with Crippen molar-refractivity contribution in [2.45, 2.75) is 39.3 Å². The largest absolute Gasteiger partial charge is 0.378 e. The molecule has 0 bridgehead atoms. The molecule has 0 radical (unpaired) electrons. The summed E-state index contributed by atoms with van der Waals surface area (Å²) in [4.78, 5) is 18.8.